The van der Waals surface area contributed by atoms with E-state index in [4.69, 9.17) is 20.8 Å². The predicted octanol–water partition coefficient (Wildman–Crippen LogP) is 3.55. The van der Waals surface area contributed by atoms with E-state index in [0.29, 0.717) is 28.1 Å². The number of carbonyl (C=O) groups is 3. The summed E-state index contributed by atoms with van der Waals surface area (Å²) in [5, 5.41) is 4.92. The third kappa shape index (κ3) is 6.16. The zero-order valence-electron chi connectivity index (χ0n) is 16.9. The number of nitrogens with one attached hydrogen (secondary N) is 1. The molecule has 0 radical (unpaired) electrons. The fourth-order valence-electron chi connectivity index (χ4n) is 2.59. The van der Waals surface area contributed by atoms with E-state index < -0.39 is 24.4 Å². The summed E-state index contributed by atoms with van der Waals surface area (Å²) in [6.45, 7) is 1.01. The summed E-state index contributed by atoms with van der Waals surface area (Å²) >= 11 is 7.47. The van der Waals surface area contributed by atoms with Crippen LogP contribution in [0.4, 0.5) is 5.69 Å². The van der Waals surface area contributed by atoms with Gasteiger partial charge in [0.1, 0.15) is 5.76 Å². The van der Waals surface area contributed by atoms with Crippen molar-refractivity contribution in [2.45, 2.75) is 13.3 Å². The number of oxazole rings is 1. The van der Waals surface area contributed by atoms with Gasteiger partial charge in [-0.2, -0.15) is 0 Å². The highest BCUT2D eigenvalue weighted by molar-refractivity contribution is 7.13. The molecule has 0 atom stereocenters. The molecule has 1 aromatic carbocycles. The van der Waals surface area contributed by atoms with Gasteiger partial charge in [0.2, 0.25) is 11.8 Å². The lowest BCUT2D eigenvalue weighted by Crippen LogP contribution is -2.37. The summed E-state index contributed by atoms with van der Waals surface area (Å²) in [4.78, 5) is 42.8. The van der Waals surface area contributed by atoms with Crippen molar-refractivity contribution < 1.29 is 23.5 Å². The third-order valence-corrected chi connectivity index (χ3v) is 5.43. The summed E-state index contributed by atoms with van der Waals surface area (Å²) in [6, 6.07) is 10.5. The second kappa shape index (κ2) is 10.2. The molecule has 3 aromatic rings. The summed E-state index contributed by atoms with van der Waals surface area (Å²) in [5.41, 5.74) is 0.902. The number of nitrogens with zero attached hydrogens (tertiary/aromatic N) is 2. The molecule has 0 saturated heterocycles. The lowest BCUT2D eigenvalue weighted by molar-refractivity contribution is -0.151. The number of hydrogen-bond acceptors (Lipinski definition) is 7. The number of hydrogen-bond donors (Lipinski definition) is 1. The van der Waals surface area contributed by atoms with Crippen molar-refractivity contribution >= 4 is 46.4 Å². The van der Waals surface area contributed by atoms with Crippen LogP contribution in [0.2, 0.25) is 5.02 Å². The number of esters is 1. The Hall–Kier alpha value is -3.17. The molecule has 0 aliphatic heterocycles. The van der Waals surface area contributed by atoms with Crippen molar-refractivity contribution in [2.75, 3.05) is 25.5 Å². The van der Waals surface area contributed by atoms with Crippen LogP contribution in [-0.4, -0.2) is 47.9 Å². The normalized spacial score (nSPS) is 10.5. The molecule has 2 heterocycles. The van der Waals surface area contributed by atoms with Gasteiger partial charge >= 0.3 is 5.97 Å². The van der Waals surface area contributed by atoms with Crippen LogP contribution < -0.4 is 5.32 Å². The molecule has 10 heteroatoms. The molecule has 8 nitrogen and oxygen atoms in total. The summed E-state index contributed by atoms with van der Waals surface area (Å²) < 4.78 is 10.6. The van der Waals surface area contributed by atoms with Gasteiger partial charge in [-0.25, -0.2) is 4.98 Å². The van der Waals surface area contributed by atoms with Gasteiger partial charge in [-0.15, -0.1) is 11.3 Å². The molecule has 0 aliphatic carbocycles. The number of thiophene rings is 1. The van der Waals surface area contributed by atoms with Crippen molar-refractivity contribution in [3.05, 3.63) is 58.3 Å². The zero-order valence-corrected chi connectivity index (χ0v) is 18.5. The Balaban J connectivity index is 1.46. The smallest absolute Gasteiger partial charge is 0.312 e. The zero-order chi connectivity index (χ0) is 22.4. The first kappa shape index (κ1) is 22.5. The van der Waals surface area contributed by atoms with E-state index in [1.807, 2.05) is 17.5 Å². The highest BCUT2D eigenvalue weighted by Crippen LogP contribution is 2.26. The van der Waals surface area contributed by atoms with E-state index in [0.717, 1.165) is 9.78 Å². The van der Waals surface area contributed by atoms with Crippen molar-refractivity contribution in [1.29, 1.82) is 0 Å². The van der Waals surface area contributed by atoms with Crippen LogP contribution in [0.1, 0.15) is 11.5 Å². The third-order valence-electron chi connectivity index (χ3n) is 4.25. The Labute approximate surface area is 187 Å². The topological polar surface area (TPSA) is 102 Å². The number of para-hydroxylation sites is 1. The molecule has 2 aromatic heterocycles. The number of carbonyl (C=O) groups excluding carboxylic acids is 3. The first-order chi connectivity index (χ1) is 14.8. The van der Waals surface area contributed by atoms with E-state index in [-0.39, 0.29) is 13.0 Å². The Bertz CT molecular complexity index is 1080. The molecule has 1 N–H and O–H groups in total. The van der Waals surface area contributed by atoms with Crippen LogP contribution >= 0.6 is 22.9 Å². The number of ether oxygens (including phenoxy) is 1. The van der Waals surface area contributed by atoms with Gasteiger partial charge in [0.15, 0.2) is 6.61 Å². The van der Waals surface area contributed by atoms with Crippen LogP contribution in [0, 0.1) is 6.92 Å². The lowest BCUT2D eigenvalue weighted by Gasteiger charge is -2.17. The molecule has 31 heavy (non-hydrogen) atoms. The maximum absolute atomic E-state index is 12.2. The van der Waals surface area contributed by atoms with Gasteiger partial charge in [0, 0.05) is 7.05 Å². The summed E-state index contributed by atoms with van der Waals surface area (Å²) in [7, 11) is 1.44. The second-order valence-electron chi connectivity index (χ2n) is 6.61. The molecule has 0 unspecified atom stereocenters. The highest BCUT2D eigenvalue weighted by atomic mass is 35.5. The van der Waals surface area contributed by atoms with Gasteiger partial charge in [-0.05, 0) is 30.5 Å². The van der Waals surface area contributed by atoms with E-state index in [9.17, 15) is 14.4 Å². The number of rotatable bonds is 8. The average Bonchev–Trinajstić information content (AvgIpc) is 3.38. The van der Waals surface area contributed by atoms with Crippen LogP contribution in [0.15, 0.2) is 46.2 Å². The maximum Gasteiger partial charge on any atom is 0.312 e. The van der Waals surface area contributed by atoms with Crippen LogP contribution in [0.25, 0.3) is 10.8 Å². The molecule has 0 fully saturated rings. The van der Waals surface area contributed by atoms with Gasteiger partial charge in [-0.3, -0.25) is 14.4 Å². The summed E-state index contributed by atoms with van der Waals surface area (Å²) in [5.74, 6) is -0.597. The number of benzene rings is 1. The Kier molecular flexibility index (Phi) is 7.43. The summed E-state index contributed by atoms with van der Waals surface area (Å²) in [6.07, 6.45) is -0.120. The molecule has 0 saturated carbocycles. The van der Waals surface area contributed by atoms with Gasteiger partial charge in [-0.1, -0.05) is 29.8 Å². The predicted molar refractivity (Wildman–Crippen MR) is 117 cm³/mol. The molecule has 2 amide bonds. The fourth-order valence-corrected chi connectivity index (χ4v) is 3.43. The number of aryl methyl sites for hydroxylation is 1. The monoisotopic (exact) mass is 461 g/mol. The number of amides is 2. The first-order valence-electron chi connectivity index (χ1n) is 9.27. The molecule has 0 spiro atoms. The first-order valence-corrected chi connectivity index (χ1v) is 10.5. The van der Waals surface area contributed by atoms with E-state index in [1.165, 1.54) is 18.4 Å². The standard InChI is InChI=1S/C21H20ClN3O5S/c1-13-16(24-21(30-13)17-8-5-9-31-17)10-20(28)29-12-19(27)25(2)11-18(26)23-15-7-4-3-6-14(15)22/h3-9H,10-12H2,1-2H3,(H,23,26). The molecule has 162 valence electrons. The van der Waals surface area contributed by atoms with Gasteiger partial charge < -0.3 is 19.4 Å². The van der Waals surface area contributed by atoms with Gasteiger partial charge in [0.05, 0.1) is 34.2 Å². The minimum absolute atomic E-state index is 0.120. The van der Waals surface area contributed by atoms with E-state index in [1.54, 1.807) is 31.2 Å². The van der Waals surface area contributed by atoms with E-state index in [2.05, 4.69) is 10.3 Å². The van der Waals surface area contributed by atoms with Crippen molar-refractivity contribution in [1.82, 2.24) is 9.88 Å². The second-order valence-corrected chi connectivity index (χ2v) is 7.97. The number of likely N-dealkylation sites (N-methyl/N-ethyl adjacent to an activating group) is 1. The maximum atomic E-state index is 12.2. The largest absolute Gasteiger partial charge is 0.455 e. The van der Waals surface area contributed by atoms with Gasteiger partial charge in [0.25, 0.3) is 5.91 Å². The van der Waals surface area contributed by atoms with Crippen molar-refractivity contribution in [3.63, 3.8) is 0 Å². The minimum Gasteiger partial charge on any atom is -0.455 e. The SMILES string of the molecule is Cc1oc(-c2cccs2)nc1CC(=O)OCC(=O)N(C)CC(=O)Nc1ccccc1Cl. The Morgan fingerprint density at radius 1 is 1.23 bits per heavy atom. The van der Waals surface area contributed by atoms with Crippen molar-refractivity contribution in [2.24, 2.45) is 0 Å². The molecule has 0 aliphatic rings. The van der Waals surface area contributed by atoms with Crippen LogP contribution in [-0.2, 0) is 25.5 Å². The average molecular weight is 462 g/mol. The Morgan fingerprint density at radius 3 is 2.71 bits per heavy atom. The fraction of sp³-hybridized carbons (Fsp3) is 0.238. The Morgan fingerprint density at radius 2 is 2.00 bits per heavy atom. The number of halogens is 1. The lowest BCUT2D eigenvalue weighted by atomic mass is 10.3. The molecule has 3 rings (SSSR count). The van der Waals surface area contributed by atoms with Crippen LogP contribution in [0.3, 0.4) is 0 Å². The molecular formula is C21H20ClN3O5S. The van der Waals surface area contributed by atoms with Crippen molar-refractivity contribution in [3.8, 4) is 10.8 Å². The quantitative estimate of drug-likeness (QED) is 0.515. The van der Waals surface area contributed by atoms with E-state index >= 15 is 0 Å². The number of aromatic nitrogens is 1. The molecular weight excluding hydrogens is 442 g/mol. The molecule has 0 bridgehead atoms. The minimum atomic E-state index is -0.614. The van der Waals surface area contributed by atoms with Crippen LogP contribution in [0.5, 0.6) is 0 Å². The number of anilines is 1. The highest BCUT2D eigenvalue weighted by Gasteiger charge is 2.19.